The van der Waals surface area contributed by atoms with Crippen LogP contribution in [0.25, 0.3) is 0 Å². The SMILES string of the molecule is CCOc1ccc(Oc2nc(C)cc(C)c2CN)cc1. The third-order valence-electron chi connectivity index (χ3n) is 2.99. The molecular weight excluding hydrogens is 252 g/mol. The van der Waals surface area contributed by atoms with Crippen LogP contribution >= 0.6 is 0 Å². The number of nitrogens with two attached hydrogens (primary N) is 1. The number of nitrogens with zero attached hydrogens (tertiary/aromatic N) is 1. The van der Waals surface area contributed by atoms with Crippen LogP contribution in [0.15, 0.2) is 30.3 Å². The predicted octanol–water partition coefficient (Wildman–Crippen LogP) is 3.35. The van der Waals surface area contributed by atoms with E-state index in [-0.39, 0.29) is 0 Å². The van der Waals surface area contributed by atoms with Crippen LogP contribution in [0.1, 0.15) is 23.7 Å². The van der Waals surface area contributed by atoms with E-state index in [0.29, 0.717) is 19.0 Å². The summed E-state index contributed by atoms with van der Waals surface area (Å²) in [5.74, 6) is 2.13. The molecule has 4 heteroatoms. The van der Waals surface area contributed by atoms with Gasteiger partial charge in [0.15, 0.2) is 0 Å². The van der Waals surface area contributed by atoms with E-state index in [0.717, 1.165) is 28.3 Å². The Balaban J connectivity index is 2.25. The second kappa shape index (κ2) is 6.39. The van der Waals surface area contributed by atoms with Gasteiger partial charge in [0.05, 0.1) is 6.61 Å². The highest BCUT2D eigenvalue weighted by molar-refractivity contribution is 5.40. The number of pyridine rings is 1. The van der Waals surface area contributed by atoms with Crippen molar-refractivity contribution in [2.45, 2.75) is 27.3 Å². The third-order valence-corrected chi connectivity index (χ3v) is 2.99. The van der Waals surface area contributed by atoms with E-state index in [1.807, 2.05) is 51.1 Å². The van der Waals surface area contributed by atoms with Crippen LogP contribution in [0.4, 0.5) is 0 Å². The van der Waals surface area contributed by atoms with Crippen molar-refractivity contribution in [2.75, 3.05) is 6.61 Å². The van der Waals surface area contributed by atoms with Crippen molar-refractivity contribution in [3.05, 3.63) is 47.2 Å². The summed E-state index contributed by atoms with van der Waals surface area (Å²) in [4.78, 5) is 4.43. The Morgan fingerprint density at radius 3 is 2.35 bits per heavy atom. The van der Waals surface area contributed by atoms with Crippen LogP contribution in [0.5, 0.6) is 17.4 Å². The van der Waals surface area contributed by atoms with Crippen LogP contribution in [0.3, 0.4) is 0 Å². The summed E-state index contributed by atoms with van der Waals surface area (Å²) >= 11 is 0. The fourth-order valence-corrected chi connectivity index (χ4v) is 2.04. The van der Waals surface area contributed by atoms with Crippen molar-refractivity contribution in [1.82, 2.24) is 4.98 Å². The first-order chi connectivity index (χ1) is 9.63. The minimum absolute atomic E-state index is 0.408. The zero-order chi connectivity index (χ0) is 14.5. The number of aromatic nitrogens is 1. The summed E-state index contributed by atoms with van der Waals surface area (Å²) < 4.78 is 11.3. The zero-order valence-corrected chi connectivity index (χ0v) is 12.1. The number of aryl methyl sites for hydroxylation is 2. The molecule has 0 amide bonds. The first-order valence-corrected chi connectivity index (χ1v) is 6.72. The standard InChI is InChI=1S/C16H20N2O2/c1-4-19-13-5-7-14(8-6-13)20-16-15(10-17)11(2)9-12(3)18-16/h5-9H,4,10,17H2,1-3H3. The van der Waals surface area contributed by atoms with Gasteiger partial charge in [0.2, 0.25) is 5.88 Å². The van der Waals surface area contributed by atoms with Gasteiger partial charge in [-0.25, -0.2) is 4.98 Å². The fourth-order valence-electron chi connectivity index (χ4n) is 2.04. The molecule has 1 aromatic carbocycles. The molecule has 106 valence electrons. The van der Waals surface area contributed by atoms with Crippen molar-refractivity contribution in [3.63, 3.8) is 0 Å². The van der Waals surface area contributed by atoms with E-state index in [4.69, 9.17) is 15.2 Å². The summed E-state index contributed by atoms with van der Waals surface area (Å²) in [5, 5.41) is 0. The molecule has 0 aliphatic rings. The smallest absolute Gasteiger partial charge is 0.224 e. The Hall–Kier alpha value is -2.07. The Bertz CT molecular complexity index is 580. The molecule has 4 nitrogen and oxygen atoms in total. The van der Waals surface area contributed by atoms with Gasteiger partial charge in [-0.05, 0) is 56.7 Å². The minimum atomic E-state index is 0.408. The first-order valence-electron chi connectivity index (χ1n) is 6.72. The summed E-state index contributed by atoms with van der Waals surface area (Å²) in [7, 11) is 0. The molecule has 0 fully saturated rings. The maximum absolute atomic E-state index is 5.85. The van der Waals surface area contributed by atoms with E-state index >= 15 is 0 Å². The second-order valence-electron chi connectivity index (χ2n) is 4.57. The largest absolute Gasteiger partial charge is 0.494 e. The molecule has 0 bridgehead atoms. The predicted molar refractivity (Wildman–Crippen MR) is 79.3 cm³/mol. The monoisotopic (exact) mass is 272 g/mol. The van der Waals surface area contributed by atoms with Gasteiger partial charge in [0.1, 0.15) is 11.5 Å². The van der Waals surface area contributed by atoms with E-state index in [1.54, 1.807) is 0 Å². The maximum atomic E-state index is 5.85. The van der Waals surface area contributed by atoms with Crippen LogP contribution in [-0.2, 0) is 6.54 Å². The second-order valence-corrected chi connectivity index (χ2v) is 4.57. The minimum Gasteiger partial charge on any atom is -0.494 e. The summed E-state index contributed by atoms with van der Waals surface area (Å²) in [5.41, 5.74) is 8.73. The van der Waals surface area contributed by atoms with Crippen molar-refractivity contribution in [3.8, 4) is 17.4 Å². The molecule has 2 aromatic rings. The molecule has 0 atom stereocenters. The highest BCUT2D eigenvalue weighted by Crippen LogP contribution is 2.27. The van der Waals surface area contributed by atoms with Gasteiger partial charge in [-0.1, -0.05) is 0 Å². The van der Waals surface area contributed by atoms with Crippen molar-refractivity contribution in [1.29, 1.82) is 0 Å². The van der Waals surface area contributed by atoms with Crippen molar-refractivity contribution in [2.24, 2.45) is 5.73 Å². The molecule has 0 saturated carbocycles. The fraction of sp³-hybridized carbons (Fsp3) is 0.312. The number of hydrogen-bond donors (Lipinski definition) is 1. The van der Waals surface area contributed by atoms with Gasteiger partial charge < -0.3 is 15.2 Å². The quantitative estimate of drug-likeness (QED) is 0.906. The normalized spacial score (nSPS) is 10.4. The lowest BCUT2D eigenvalue weighted by atomic mass is 10.1. The molecule has 0 radical (unpaired) electrons. The van der Waals surface area contributed by atoms with Gasteiger partial charge in [-0.2, -0.15) is 0 Å². The van der Waals surface area contributed by atoms with Crippen LogP contribution in [0.2, 0.25) is 0 Å². The Kier molecular flexibility index (Phi) is 4.58. The Morgan fingerprint density at radius 2 is 1.75 bits per heavy atom. The molecule has 0 spiro atoms. The van der Waals surface area contributed by atoms with Gasteiger partial charge in [0, 0.05) is 17.8 Å². The molecule has 0 saturated heterocycles. The highest BCUT2D eigenvalue weighted by Gasteiger charge is 2.10. The number of rotatable bonds is 5. The van der Waals surface area contributed by atoms with Gasteiger partial charge in [0.25, 0.3) is 0 Å². The Labute approximate surface area is 119 Å². The van der Waals surface area contributed by atoms with Crippen molar-refractivity contribution < 1.29 is 9.47 Å². The average Bonchev–Trinajstić information content (AvgIpc) is 2.41. The van der Waals surface area contributed by atoms with Gasteiger partial charge >= 0.3 is 0 Å². The van der Waals surface area contributed by atoms with Crippen LogP contribution < -0.4 is 15.2 Å². The van der Waals surface area contributed by atoms with Gasteiger partial charge in [-0.3, -0.25) is 0 Å². The lowest BCUT2D eigenvalue weighted by Crippen LogP contribution is -2.05. The maximum Gasteiger partial charge on any atom is 0.224 e. The molecule has 1 heterocycles. The summed E-state index contributed by atoms with van der Waals surface area (Å²) in [6.45, 7) is 6.97. The molecule has 1 aromatic heterocycles. The summed E-state index contributed by atoms with van der Waals surface area (Å²) in [6.07, 6.45) is 0. The molecular formula is C16H20N2O2. The Morgan fingerprint density at radius 1 is 1.10 bits per heavy atom. The number of ether oxygens (including phenoxy) is 2. The van der Waals surface area contributed by atoms with Crippen LogP contribution in [0, 0.1) is 13.8 Å². The van der Waals surface area contributed by atoms with E-state index in [1.165, 1.54) is 0 Å². The van der Waals surface area contributed by atoms with E-state index in [9.17, 15) is 0 Å². The van der Waals surface area contributed by atoms with Crippen molar-refractivity contribution >= 4 is 0 Å². The molecule has 0 aliphatic heterocycles. The van der Waals surface area contributed by atoms with Gasteiger partial charge in [-0.15, -0.1) is 0 Å². The molecule has 0 unspecified atom stereocenters. The average molecular weight is 272 g/mol. The van der Waals surface area contributed by atoms with Crippen LogP contribution in [-0.4, -0.2) is 11.6 Å². The highest BCUT2D eigenvalue weighted by atomic mass is 16.5. The number of hydrogen-bond acceptors (Lipinski definition) is 4. The zero-order valence-electron chi connectivity index (χ0n) is 12.1. The molecule has 2 rings (SSSR count). The lowest BCUT2D eigenvalue weighted by Gasteiger charge is -2.12. The molecule has 20 heavy (non-hydrogen) atoms. The molecule has 0 aliphatic carbocycles. The topological polar surface area (TPSA) is 57.4 Å². The number of benzene rings is 1. The summed E-state index contributed by atoms with van der Waals surface area (Å²) in [6, 6.07) is 9.50. The first kappa shape index (κ1) is 14.3. The molecule has 2 N–H and O–H groups in total. The third kappa shape index (κ3) is 3.27. The lowest BCUT2D eigenvalue weighted by molar-refractivity contribution is 0.339. The van der Waals surface area contributed by atoms with E-state index < -0.39 is 0 Å². The van der Waals surface area contributed by atoms with E-state index in [2.05, 4.69) is 4.98 Å².